The van der Waals surface area contributed by atoms with Gasteiger partial charge in [-0.25, -0.2) is 14.4 Å². The number of carbonyl (C=O) groups is 2. The van der Waals surface area contributed by atoms with E-state index in [0.717, 1.165) is 17.0 Å². The first-order valence-electron chi connectivity index (χ1n) is 10.5. The van der Waals surface area contributed by atoms with E-state index < -0.39 is 40.6 Å². The number of hydrogen-bond donors (Lipinski definition) is 0. The maximum Gasteiger partial charge on any atom is 0.271 e. The monoisotopic (exact) mass is 541 g/mol. The zero-order valence-electron chi connectivity index (χ0n) is 18.1. The molecule has 0 bridgehead atoms. The first-order chi connectivity index (χ1) is 16.8. The molecule has 2 amide bonds. The van der Waals surface area contributed by atoms with Crippen LogP contribution in [0, 0.1) is 21.8 Å². The van der Waals surface area contributed by atoms with Crippen molar-refractivity contribution in [3.8, 4) is 5.75 Å². The summed E-state index contributed by atoms with van der Waals surface area (Å²) in [5.74, 6) is -2.20. The number of benzene rings is 3. The van der Waals surface area contributed by atoms with E-state index in [0.29, 0.717) is 21.5 Å². The number of fused-ring (bicyclic) bond motifs is 1. The largest absolute Gasteiger partial charge is 0.496 e. The fraction of sp³-hybridized carbons (Fsp3) is 0.167. The number of nitrogens with zero attached hydrogens (tertiary/aromatic N) is 3. The number of halogens is 2. The van der Waals surface area contributed by atoms with Crippen LogP contribution in [0.3, 0.4) is 0 Å². The molecule has 3 aromatic carbocycles. The molecule has 35 heavy (non-hydrogen) atoms. The van der Waals surface area contributed by atoms with E-state index in [2.05, 4.69) is 15.9 Å². The molecule has 0 aromatic heterocycles. The van der Waals surface area contributed by atoms with E-state index in [1.54, 1.807) is 24.3 Å². The second kappa shape index (κ2) is 8.75. The lowest BCUT2D eigenvalue weighted by Gasteiger charge is -2.29. The summed E-state index contributed by atoms with van der Waals surface area (Å²) in [6.07, 6.45) is -1.19. The highest BCUT2D eigenvalue weighted by atomic mass is 79.9. The van der Waals surface area contributed by atoms with Crippen LogP contribution in [-0.2, 0) is 14.4 Å². The van der Waals surface area contributed by atoms with E-state index in [-0.39, 0.29) is 11.4 Å². The second-order valence-corrected chi connectivity index (χ2v) is 8.89. The van der Waals surface area contributed by atoms with Gasteiger partial charge < -0.3 is 4.74 Å². The molecule has 2 heterocycles. The van der Waals surface area contributed by atoms with Crippen LogP contribution in [0.15, 0.2) is 71.2 Å². The number of ether oxygens (including phenoxy) is 1. The number of nitro benzene ring substituents is 1. The second-order valence-electron chi connectivity index (χ2n) is 7.97. The summed E-state index contributed by atoms with van der Waals surface area (Å²) >= 11 is 3.43. The molecule has 0 N–H and O–H groups in total. The molecule has 2 aliphatic heterocycles. The van der Waals surface area contributed by atoms with E-state index >= 15 is 0 Å². The van der Waals surface area contributed by atoms with E-state index in [4.69, 9.17) is 9.57 Å². The zero-order valence-corrected chi connectivity index (χ0v) is 19.7. The van der Waals surface area contributed by atoms with Gasteiger partial charge in [0.25, 0.3) is 11.6 Å². The zero-order chi connectivity index (χ0) is 24.9. The van der Waals surface area contributed by atoms with Gasteiger partial charge in [-0.2, -0.15) is 0 Å². The standard InChI is InChI=1S/C24H17BrFN3O6/c1-34-19-10-5-13(25)11-18(19)21-20-22(35-28(21)16-3-2-4-17(12-16)29(32)33)24(31)27(23(20)30)15-8-6-14(26)7-9-15/h2-12,20-22H,1H3. The van der Waals surface area contributed by atoms with Crippen molar-refractivity contribution < 1.29 is 28.5 Å². The number of nitro groups is 1. The Hall–Kier alpha value is -3.83. The van der Waals surface area contributed by atoms with Gasteiger partial charge in [-0.15, -0.1) is 0 Å². The third-order valence-electron chi connectivity index (χ3n) is 6.01. The Morgan fingerprint density at radius 3 is 2.46 bits per heavy atom. The number of hydrogen-bond acceptors (Lipinski definition) is 7. The fourth-order valence-corrected chi connectivity index (χ4v) is 4.86. The number of imide groups is 1. The maximum atomic E-state index is 13.6. The molecule has 3 unspecified atom stereocenters. The summed E-state index contributed by atoms with van der Waals surface area (Å²) < 4.78 is 19.7. The van der Waals surface area contributed by atoms with Gasteiger partial charge in [0.1, 0.15) is 17.5 Å². The van der Waals surface area contributed by atoms with Gasteiger partial charge in [0.15, 0.2) is 6.10 Å². The highest BCUT2D eigenvalue weighted by Crippen LogP contribution is 2.50. The van der Waals surface area contributed by atoms with Gasteiger partial charge in [0.2, 0.25) is 5.91 Å². The number of non-ortho nitro benzene ring substituents is 1. The molecular weight excluding hydrogens is 525 g/mol. The Bertz CT molecular complexity index is 1350. The van der Waals surface area contributed by atoms with Crippen molar-refractivity contribution in [2.75, 3.05) is 17.1 Å². The summed E-state index contributed by atoms with van der Waals surface area (Å²) in [4.78, 5) is 44.8. The van der Waals surface area contributed by atoms with E-state index in [1.807, 2.05) is 0 Å². The van der Waals surface area contributed by atoms with Crippen molar-refractivity contribution >= 4 is 44.8 Å². The molecule has 0 aliphatic carbocycles. The van der Waals surface area contributed by atoms with Crippen molar-refractivity contribution in [3.63, 3.8) is 0 Å². The molecule has 5 rings (SSSR count). The van der Waals surface area contributed by atoms with Crippen LogP contribution >= 0.6 is 15.9 Å². The number of hydroxylamine groups is 1. The molecule has 2 saturated heterocycles. The Labute approximate surface area is 206 Å². The van der Waals surface area contributed by atoms with Crippen molar-refractivity contribution in [3.05, 3.63) is 92.7 Å². The summed E-state index contributed by atoms with van der Waals surface area (Å²) in [6.45, 7) is 0. The Morgan fingerprint density at radius 1 is 1.03 bits per heavy atom. The SMILES string of the molecule is COc1ccc(Br)cc1C1C2C(=O)N(c3ccc(F)cc3)C(=O)C2ON1c1cccc([N+](=O)[O-])c1. The first-order valence-corrected chi connectivity index (χ1v) is 11.3. The summed E-state index contributed by atoms with van der Waals surface area (Å²) in [5.41, 5.74) is 0.896. The van der Waals surface area contributed by atoms with Crippen LogP contribution in [0.1, 0.15) is 11.6 Å². The number of methoxy groups -OCH3 is 1. The molecule has 2 fully saturated rings. The normalized spacial score (nSPS) is 21.4. The van der Waals surface area contributed by atoms with Gasteiger partial charge in [0, 0.05) is 22.2 Å². The molecular formula is C24H17BrFN3O6. The predicted octanol–water partition coefficient (Wildman–Crippen LogP) is 4.56. The van der Waals surface area contributed by atoms with Crippen LogP contribution in [0.5, 0.6) is 5.75 Å². The minimum atomic E-state index is -1.19. The average Bonchev–Trinajstić information content (AvgIpc) is 3.36. The molecule has 2 aliphatic rings. The van der Waals surface area contributed by atoms with Gasteiger partial charge >= 0.3 is 0 Å². The lowest BCUT2D eigenvalue weighted by atomic mass is 9.90. The maximum absolute atomic E-state index is 13.6. The first kappa shape index (κ1) is 22.9. The van der Waals surface area contributed by atoms with Gasteiger partial charge in [-0.1, -0.05) is 22.0 Å². The number of anilines is 2. The topological polar surface area (TPSA) is 102 Å². The third-order valence-corrected chi connectivity index (χ3v) is 6.50. The minimum Gasteiger partial charge on any atom is -0.496 e. The highest BCUT2D eigenvalue weighted by Gasteiger charge is 2.60. The molecule has 3 atom stereocenters. The molecule has 9 nitrogen and oxygen atoms in total. The van der Waals surface area contributed by atoms with E-state index in [1.165, 1.54) is 42.5 Å². The number of amides is 2. The van der Waals surface area contributed by atoms with Crippen molar-refractivity contribution in [2.45, 2.75) is 12.1 Å². The third kappa shape index (κ3) is 3.82. The van der Waals surface area contributed by atoms with Gasteiger partial charge in [0.05, 0.1) is 29.4 Å². The average molecular weight is 542 g/mol. The molecule has 0 radical (unpaired) electrons. The van der Waals surface area contributed by atoms with Crippen LogP contribution < -0.4 is 14.7 Å². The van der Waals surface area contributed by atoms with Crippen molar-refractivity contribution in [2.24, 2.45) is 5.92 Å². The molecule has 3 aromatic rings. The lowest BCUT2D eigenvalue weighted by molar-refractivity contribution is -0.384. The Balaban J connectivity index is 1.64. The minimum absolute atomic E-state index is 0.172. The fourth-order valence-electron chi connectivity index (χ4n) is 4.48. The quantitative estimate of drug-likeness (QED) is 0.265. The van der Waals surface area contributed by atoms with E-state index in [9.17, 15) is 24.1 Å². The van der Waals surface area contributed by atoms with Crippen molar-refractivity contribution in [1.82, 2.24) is 0 Å². The van der Waals surface area contributed by atoms with Crippen LogP contribution in [0.2, 0.25) is 0 Å². The molecule has 11 heteroatoms. The summed E-state index contributed by atoms with van der Waals surface area (Å²) in [5, 5.41) is 12.7. The Kier molecular flexibility index (Phi) is 5.73. The lowest BCUT2D eigenvalue weighted by Crippen LogP contribution is -2.37. The predicted molar refractivity (Wildman–Crippen MR) is 126 cm³/mol. The molecule has 0 saturated carbocycles. The highest BCUT2D eigenvalue weighted by molar-refractivity contribution is 9.10. The van der Waals surface area contributed by atoms with Gasteiger partial charge in [-0.3, -0.25) is 24.5 Å². The van der Waals surface area contributed by atoms with Crippen LogP contribution in [0.25, 0.3) is 0 Å². The van der Waals surface area contributed by atoms with Crippen molar-refractivity contribution in [1.29, 1.82) is 0 Å². The summed E-state index contributed by atoms with van der Waals surface area (Å²) in [7, 11) is 1.48. The van der Waals surface area contributed by atoms with Crippen LogP contribution in [0.4, 0.5) is 21.5 Å². The number of rotatable bonds is 5. The smallest absolute Gasteiger partial charge is 0.271 e. The Morgan fingerprint density at radius 2 is 1.77 bits per heavy atom. The molecule has 178 valence electrons. The van der Waals surface area contributed by atoms with Gasteiger partial charge in [-0.05, 0) is 48.5 Å². The number of carbonyl (C=O) groups excluding carboxylic acids is 2. The molecule has 0 spiro atoms. The summed E-state index contributed by atoms with van der Waals surface area (Å²) in [6, 6.07) is 15.1. The van der Waals surface area contributed by atoms with Crippen LogP contribution in [-0.4, -0.2) is 30.0 Å².